The van der Waals surface area contributed by atoms with E-state index < -0.39 is 12.1 Å². The maximum absolute atomic E-state index is 12.7. The van der Waals surface area contributed by atoms with E-state index in [-0.39, 0.29) is 49.9 Å². The summed E-state index contributed by atoms with van der Waals surface area (Å²) in [6, 6.07) is 16.2. The molecule has 0 aromatic heterocycles. The number of rotatable bonds is 9. The molecule has 2 atom stereocenters. The molecule has 2 aliphatic rings. The highest BCUT2D eigenvalue weighted by molar-refractivity contribution is 5.82. The van der Waals surface area contributed by atoms with E-state index >= 15 is 0 Å². The molecule has 178 valence electrons. The van der Waals surface area contributed by atoms with Crippen LogP contribution in [0.3, 0.4) is 0 Å². The van der Waals surface area contributed by atoms with Crippen molar-refractivity contribution in [2.45, 2.75) is 37.6 Å². The van der Waals surface area contributed by atoms with E-state index in [0.717, 1.165) is 30.4 Å². The molecule has 0 bridgehead atoms. The number of fused-ring (bicyclic) bond motifs is 3. The molecule has 0 radical (unpaired) electrons. The lowest BCUT2D eigenvalue weighted by Crippen LogP contribution is -2.42. The first-order chi connectivity index (χ1) is 16.5. The van der Waals surface area contributed by atoms with Crippen molar-refractivity contribution in [2.75, 3.05) is 19.7 Å². The zero-order valence-corrected chi connectivity index (χ0v) is 19.1. The average Bonchev–Trinajstić information content (AvgIpc) is 3.39. The number of hydrogen-bond acceptors (Lipinski definition) is 4. The molecule has 2 N–H and O–H groups in total. The van der Waals surface area contributed by atoms with E-state index in [1.807, 2.05) is 24.3 Å². The fraction of sp³-hybridized carbons (Fsp3) is 0.370. The van der Waals surface area contributed by atoms with E-state index in [0.29, 0.717) is 0 Å². The molecule has 0 heterocycles. The summed E-state index contributed by atoms with van der Waals surface area (Å²) < 4.78 is 5.66. The van der Waals surface area contributed by atoms with Gasteiger partial charge < -0.3 is 20.1 Å². The van der Waals surface area contributed by atoms with Crippen LogP contribution in [0.5, 0.6) is 0 Å². The topological polar surface area (TPSA) is 95.9 Å². The number of carboxylic acid groups (broad SMARTS) is 1. The first-order valence-corrected chi connectivity index (χ1v) is 11.7. The minimum absolute atomic E-state index is 0.0115. The molecule has 2 aromatic carbocycles. The molecular formula is C27H30N2O5. The van der Waals surface area contributed by atoms with Crippen LogP contribution in [-0.4, -0.2) is 53.7 Å². The summed E-state index contributed by atoms with van der Waals surface area (Å²) in [7, 11) is 0. The zero-order chi connectivity index (χ0) is 24.1. The Labute approximate surface area is 199 Å². The second-order valence-electron chi connectivity index (χ2n) is 8.93. The molecule has 0 saturated heterocycles. The van der Waals surface area contributed by atoms with Gasteiger partial charge in [-0.1, -0.05) is 61.0 Å². The van der Waals surface area contributed by atoms with Crippen LogP contribution >= 0.6 is 0 Å². The Morgan fingerprint density at radius 3 is 2.32 bits per heavy atom. The highest BCUT2D eigenvalue weighted by atomic mass is 16.5. The van der Waals surface area contributed by atoms with Gasteiger partial charge in [0.05, 0.1) is 0 Å². The number of nitrogens with zero attached hydrogens (tertiary/aromatic N) is 1. The van der Waals surface area contributed by atoms with Crippen LogP contribution < -0.4 is 5.32 Å². The number of alkyl carbamates (subject to hydrolysis) is 1. The number of carbonyl (C=O) groups excluding carboxylic acids is 2. The number of carboxylic acids is 1. The smallest absolute Gasteiger partial charge is 0.407 e. The summed E-state index contributed by atoms with van der Waals surface area (Å²) in [5.74, 6) is -1.36. The number of hydrogen-bond donors (Lipinski definition) is 2. The van der Waals surface area contributed by atoms with Crippen molar-refractivity contribution >= 4 is 18.0 Å². The molecule has 2 amide bonds. The highest BCUT2D eigenvalue weighted by Gasteiger charge is 2.33. The molecule has 1 fully saturated rings. The van der Waals surface area contributed by atoms with Crippen molar-refractivity contribution in [3.05, 3.63) is 72.3 Å². The molecule has 1 saturated carbocycles. The third-order valence-electron chi connectivity index (χ3n) is 6.77. The molecule has 0 aliphatic heterocycles. The van der Waals surface area contributed by atoms with Gasteiger partial charge in [0.25, 0.3) is 0 Å². The number of carbonyl (C=O) groups is 3. The van der Waals surface area contributed by atoms with Gasteiger partial charge in [-0.05, 0) is 41.0 Å². The van der Waals surface area contributed by atoms with Crippen LogP contribution in [0.25, 0.3) is 11.1 Å². The van der Waals surface area contributed by atoms with Gasteiger partial charge in [-0.2, -0.15) is 0 Å². The first kappa shape index (κ1) is 23.5. The summed E-state index contributed by atoms with van der Waals surface area (Å²) in [6.07, 6.45) is 3.68. The standard InChI is InChI=1S/C27H30N2O5/c1-2-14-29(16-26(31)32)25(30)15-18-8-7-13-24(18)28-27(33)34-17-23-21-11-5-3-9-19(21)20-10-4-6-12-22(20)23/h2-6,9-12,18,23-24H,1,7-8,13-17H2,(H,28,33)(H,31,32)/t18-,24+/m0/s1. The first-order valence-electron chi connectivity index (χ1n) is 11.7. The Morgan fingerprint density at radius 2 is 1.71 bits per heavy atom. The molecule has 0 unspecified atom stereocenters. The van der Waals surface area contributed by atoms with Crippen molar-refractivity contribution in [1.29, 1.82) is 0 Å². The lowest BCUT2D eigenvalue weighted by Gasteiger charge is -2.24. The third kappa shape index (κ3) is 5.14. The Hall–Kier alpha value is -3.61. The summed E-state index contributed by atoms with van der Waals surface area (Å²) in [6.45, 7) is 3.66. The van der Waals surface area contributed by atoms with E-state index in [1.165, 1.54) is 22.1 Å². The molecular weight excluding hydrogens is 432 g/mol. The van der Waals surface area contributed by atoms with Crippen LogP contribution in [0.1, 0.15) is 42.7 Å². The van der Waals surface area contributed by atoms with Gasteiger partial charge in [-0.15, -0.1) is 6.58 Å². The summed E-state index contributed by atoms with van der Waals surface area (Å²) in [4.78, 5) is 37.7. The van der Waals surface area contributed by atoms with Crippen LogP contribution in [0.15, 0.2) is 61.2 Å². The average molecular weight is 463 g/mol. The third-order valence-corrected chi connectivity index (χ3v) is 6.77. The molecule has 2 aromatic rings. The number of ether oxygens (including phenoxy) is 1. The van der Waals surface area contributed by atoms with Crippen LogP contribution in [0, 0.1) is 5.92 Å². The van der Waals surface area contributed by atoms with Crippen molar-refractivity contribution < 1.29 is 24.2 Å². The second kappa shape index (κ2) is 10.5. The number of nitrogens with one attached hydrogen (secondary N) is 1. The monoisotopic (exact) mass is 462 g/mol. The quantitative estimate of drug-likeness (QED) is 0.545. The van der Waals surface area contributed by atoms with Crippen LogP contribution in [0.2, 0.25) is 0 Å². The lowest BCUT2D eigenvalue weighted by molar-refractivity contribution is -0.144. The Balaban J connectivity index is 1.34. The summed E-state index contributed by atoms with van der Waals surface area (Å²) in [5, 5.41) is 12.0. The van der Waals surface area contributed by atoms with Gasteiger partial charge in [-0.3, -0.25) is 9.59 Å². The lowest BCUT2D eigenvalue weighted by atomic mass is 9.98. The zero-order valence-electron chi connectivity index (χ0n) is 19.1. The fourth-order valence-corrected chi connectivity index (χ4v) is 5.19. The van der Waals surface area contributed by atoms with Crippen molar-refractivity contribution in [1.82, 2.24) is 10.2 Å². The molecule has 7 heteroatoms. The molecule has 34 heavy (non-hydrogen) atoms. The molecule has 2 aliphatic carbocycles. The SMILES string of the molecule is C=CCN(CC(=O)O)C(=O)C[C@@H]1CCC[C@H]1NC(=O)OCC1c2ccccc2-c2ccccc21. The van der Waals surface area contributed by atoms with Crippen molar-refractivity contribution in [3.63, 3.8) is 0 Å². The van der Waals surface area contributed by atoms with Crippen LogP contribution in [-0.2, 0) is 14.3 Å². The van der Waals surface area contributed by atoms with Gasteiger partial charge in [0.2, 0.25) is 5.91 Å². The van der Waals surface area contributed by atoms with Crippen molar-refractivity contribution in [3.8, 4) is 11.1 Å². The molecule has 0 spiro atoms. The normalized spacial score (nSPS) is 18.6. The minimum atomic E-state index is -1.06. The van der Waals surface area contributed by atoms with Gasteiger partial charge in [-0.25, -0.2) is 4.79 Å². The summed E-state index contributed by atoms with van der Waals surface area (Å²) in [5.41, 5.74) is 4.65. The Kier molecular flexibility index (Phi) is 7.30. The van der Waals surface area contributed by atoms with Gasteiger partial charge in [0.15, 0.2) is 0 Å². The highest BCUT2D eigenvalue weighted by Crippen LogP contribution is 2.44. The number of benzene rings is 2. The van der Waals surface area contributed by atoms with Gasteiger partial charge >= 0.3 is 12.1 Å². The van der Waals surface area contributed by atoms with Crippen LogP contribution in [0.4, 0.5) is 4.79 Å². The maximum Gasteiger partial charge on any atom is 0.407 e. The largest absolute Gasteiger partial charge is 0.480 e. The second-order valence-corrected chi connectivity index (χ2v) is 8.93. The van der Waals surface area contributed by atoms with Gasteiger partial charge in [0.1, 0.15) is 13.2 Å². The maximum atomic E-state index is 12.7. The predicted octanol–water partition coefficient (Wildman–Crippen LogP) is 4.18. The molecule has 7 nitrogen and oxygen atoms in total. The van der Waals surface area contributed by atoms with E-state index in [9.17, 15) is 14.4 Å². The van der Waals surface area contributed by atoms with Crippen molar-refractivity contribution in [2.24, 2.45) is 5.92 Å². The summed E-state index contributed by atoms with van der Waals surface area (Å²) >= 11 is 0. The molecule has 4 rings (SSSR count). The fourth-order valence-electron chi connectivity index (χ4n) is 5.19. The van der Waals surface area contributed by atoms with E-state index in [2.05, 4.69) is 36.2 Å². The van der Waals surface area contributed by atoms with E-state index in [4.69, 9.17) is 9.84 Å². The van der Waals surface area contributed by atoms with Gasteiger partial charge in [0, 0.05) is 24.9 Å². The number of amides is 2. The Bertz CT molecular complexity index is 1040. The number of aliphatic carboxylic acids is 1. The Morgan fingerprint density at radius 1 is 1.06 bits per heavy atom. The van der Waals surface area contributed by atoms with E-state index in [1.54, 1.807) is 0 Å². The minimum Gasteiger partial charge on any atom is -0.480 e. The predicted molar refractivity (Wildman–Crippen MR) is 128 cm³/mol.